The zero-order chi connectivity index (χ0) is 18.2. The van der Waals surface area contributed by atoms with E-state index in [4.69, 9.17) is 14.2 Å². The lowest BCUT2D eigenvalue weighted by Gasteiger charge is -2.30. The van der Waals surface area contributed by atoms with Gasteiger partial charge >= 0.3 is 6.09 Å². The normalized spacial score (nSPS) is 14.8. The Morgan fingerprint density at radius 2 is 1.92 bits per heavy atom. The smallest absolute Gasteiger partial charge is 0.409 e. The van der Waals surface area contributed by atoms with E-state index in [1.54, 1.807) is 26.0 Å². The molecule has 2 amide bonds. The van der Waals surface area contributed by atoms with Crippen LogP contribution in [0, 0.1) is 5.92 Å². The van der Waals surface area contributed by atoms with Crippen LogP contribution >= 0.6 is 0 Å². The van der Waals surface area contributed by atoms with Gasteiger partial charge in [0, 0.05) is 31.1 Å². The van der Waals surface area contributed by atoms with Gasteiger partial charge in [-0.1, -0.05) is 0 Å². The highest BCUT2D eigenvalue weighted by atomic mass is 16.6. The first kappa shape index (κ1) is 18.9. The molecule has 2 rings (SSSR count). The minimum Gasteiger partial charge on any atom is -0.497 e. The van der Waals surface area contributed by atoms with Crippen LogP contribution in [0.4, 0.5) is 4.79 Å². The Labute approximate surface area is 148 Å². The van der Waals surface area contributed by atoms with E-state index in [0.717, 1.165) is 5.56 Å². The van der Waals surface area contributed by atoms with E-state index in [1.807, 2.05) is 18.2 Å². The third-order valence-electron chi connectivity index (χ3n) is 4.33. The number of rotatable bonds is 6. The van der Waals surface area contributed by atoms with Gasteiger partial charge < -0.3 is 24.4 Å². The fraction of sp³-hybridized carbons (Fsp3) is 0.556. The Morgan fingerprint density at radius 3 is 2.52 bits per heavy atom. The molecule has 1 fully saturated rings. The topological polar surface area (TPSA) is 77.1 Å². The number of benzene rings is 1. The molecule has 138 valence electrons. The molecule has 25 heavy (non-hydrogen) atoms. The summed E-state index contributed by atoms with van der Waals surface area (Å²) in [6.07, 6.45) is 0.974. The van der Waals surface area contributed by atoms with Gasteiger partial charge in [-0.15, -0.1) is 0 Å². The molecule has 1 aliphatic rings. The first-order valence-corrected chi connectivity index (χ1v) is 8.49. The van der Waals surface area contributed by atoms with Gasteiger partial charge in [0.2, 0.25) is 5.91 Å². The first-order chi connectivity index (χ1) is 12.1. The Balaban J connectivity index is 1.86. The summed E-state index contributed by atoms with van der Waals surface area (Å²) in [5.41, 5.74) is 0.860. The summed E-state index contributed by atoms with van der Waals surface area (Å²) in [7, 11) is 3.19. The molecule has 1 aromatic rings. The van der Waals surface area contributed by atoms with Gasteiger partial charge in [-0.25, -0.2) is 4.79 Å². The van der Waals surface area contributed by atoms with Crippen LogP contribution in [0.1, 0.15) is 25.3 Å². The van der Waals surface area contributed by atoms with Gasteiger partial charge in [-0.05, 0) is 38.0 Å². The fourth-order valence-electron chi connectivity index (χ4n) is 2.89. The largest absolute Gasteiger partial charge is 0.497 e. The van der Waals surface area contributed by atoms with Gasteiger partial charge in [0.25, 0.3) is 0 Å². The van der Waals surface area contributed by atoms with Crippen LogP contribution in [-0.4, -0.2) is 50.8 Å². The standard InChI is InChI=1S/C18H26N2O5/c1-4-25-18(22)20-9-7-13(8-10-20)17(21)19-12-14-11-15(23-2)5-6-16(14)24-3/h5-6,11,13H,4,7-10,12H2,1-3H3,(H,19,21). The number of likely N-dealkylation sites (tertiary alicyclic amines) is 1. The predicted molar refractivity (Wildman–Crippen MR) is 92.7 cm³/mol. The minimum atomic E-state index is -0.303. The maximum absolute atomic E-state index is 12.4. The number of nitrogens with zero attached hydrogens (tertiary/aromatic N) is 1. The first-order valence-electron chi connectivity index (χ1n) is 8.49. The molecule has 0 bridgehead atoms. The predicted octanol–water partition coefficient (Wildman–Crippen LogP) is 2.19. The second kappa shape index (κ2) is 9.15. The van der Waals surface area contributed by atoms with E-state index >= 15 is 0 Å². The van der Waals surface area contributed by atoms with Crippen molar-refractivity contribution in [1.82, 2.24) is 10.2 Å². The third kappa shape index (κ3) is 5.01. The average Bonchev–Trinajstić information content (AvgIpc) is 2.66. The van der Waals surface area contributed by atoms with Crippen LogP contribution in [0.3, 0.4) is 0 Å². The molecule has 0 saturated carbocycles. The number of carbonyl (C=O) groups is 2. The summed E-state index contributed by atoms with van der Waals surface area (Å²) in [6.45, 7) is 3.60. The summed E-state index contributed by atoms with van der Waals surface area (Å²) in [5, 5.41) is 2.95. The van der Waals surface area contributed by atoms with Crippen molar-refractivity contribution < 1.29 is 23.8 Å². The van der Waals surface area contributed by atoms with E-state index in [0.29, 0.717) is 50.6 Å². The molecular weight excluding hydrogens is 324 g/mol. The van der Waals surface area contributed by atoms with Gasteiger partial charge in [0.05, 0.1) is 20.8 Å². The lowest BCUT2D eigenvalue weighted by Crippen LogP contribution is -2.43. The van der Waals surface area contributed by atoms with Crippen molar-refractivity contribution >= 4 is 12.0 Å². The van der Waals surface area contributed by atoms with Crippen LogP contribution in [0.2, 0.25) is 0 Å². The summed E-state index contributed by atoms with van der Waals surface area (Å²) < 4.78 is 15.5. The number of nitrogens with one attached hydrogen (secondary N) is 1. The molecule has 0 aromatic heterocycles. The van der Waals surface area contributed by atoms with Crippen LogP contribution in [0.15, 0.2) is 18.2 Å². The van der Waals surface area contributed by atoms with E-state index in [2.05, 4.69) is 5.32 Å². The van der Waals surface area contributed by atoms with Crippen molar-refractivity contribution in [3.8, 4) is 11.5 Å². The molecule has 0 atom stereocenters. The number of ether oxygens (including phenoxy) is 3. The lowest BCUT2D eigenvalue weighted by atomic mass is 9.96. The number of amides is 2. The molecule has 0 unspecified atom stereocenters. The Morgan fingerprint density at radius 1 is 1.20 bits per heavy atom. The SMILES string of the molecule is CCOC(=O)N1CCC(C(=O)NCc2cc(OC)ccc2OC)CC1. The quantitative estimate of drug-likeness (QED) is 0.851. The summed E-state index contributed by atoms with van der Waals surface area (Å²) in [5.74, 6) is 1.32. The maximum atomic E-state index is 12.4. The molecule has 1 aliphatic heterocycles. The van der Waals surface area contributed by atoms with E-state index in [-0.39, 0.29) is 17.9 Å². The number of piperidine rings is 1. The number of hydrogen-bond donors (Lipinski definition) is 1. The Hall–Kier alpha value is -2.44. The number of hydrogen-bond acceptors (Lipinski definition) is 5. The van der Waals surface area contributed by atoms with Crippen LogP contribution in [0.25, 0.3) is 0 Å². The Bertz CT molecular complexity index is 597. The molecule has 1 N–H and O–H groups in total. The van der Waals surface area contributed by atoms with Crippen LogP contribution in [-0.2, 0) is 16.1 Å². The molecule has 1 saturated heterocycles. The maximum Gasteiger partial charge on any atom is 0.409 e. The van der Waals surface area contributed by atoms with E-state index in [1.165, 1.54) is 0 Å². The van der Waals surface area contributed by atoms with Gasteiger partial charge in [0.15, 0.2) is 0 Å². The molecule has 1 aromatic carbocycles. The van der Waals surface area contributed by atoms with Crippen molar-refractivity contribution in [3.05, 3.63) is 23.8 Å². The van der Waals surface area contributed by atoms with Gasteiger partial charge in [0.1, 0.15) is 11.5 Å². The van der Waals surface area contributed by atoms with Gasteiger partial charge in [-0.2, -0.15) is 0 Å². The van der Waals surface area contributed by atoms with Gasteiger partial charge in [-0.3, -0.25) is 4.79 Å². The summed E-state index contributed by atoms with van der Waals surface area (Å²) in [4.78, 5) is 25.8. The van der Waals surface area contributed by atoms with Crippen molar-refractivity contribution in [2.75, 3.05) is 33.9 Å². The van der Waals surface area contributed by atoms with Crippen molar-refractivity contribution in [1.29, 1.82) is 0 Å². The molecule has 7 heteroatoms. The summed E-state index contributed by atoms with van der Waals surface area (Å²) in [6, 6.07) is 5.48. The van der Waals surface area contributed by atoms with E-state index < -0.39 is 0 Å². The zero-order valence-electron chi connectivity index (χ0n) is 15.0. The highest BCUT2D eigenvalue weighted by Crippen LogP contribution is 2.24. The molecular formula is C18H26N2O5. The van der Waals surface area contributed by atoms with E-state index in [9.17, 15) is 9.59 Å². The Kier molecular flexibility index (Phi) is 6.91. The van der Waals surface area contributed by atoms with Crippen molar-refractivity contribution in [3.63, 3.8) is 0 Å². The van der Waals surface area contributed by atoms with Crippen LogP contribution < -0.4 is 14.8 Å². The van der Waals surface area contributed by atoms with Crippen molar-refractivity contribution in [2.24, 2.45) is 5.92 Å². The second-order valence-electron chi connectivity index (χ2n) is 5.86. The summed E-state index contributed by atoms with van der Waals surface area (Å²) >= 11 is 0. The zero-order valence-corrected chi connectivity index (χ0v) is 15.0. The minimum absolute atomic E-state index is 0.00613. The molecule has 1 heterocycles. The molecule has 7 nitrogen and oxygen atoms in total. The molecule has 0 spiro atoms. The fourth-order valence-corrected chi connectivity index (χ4v) is 2.89. The average molecular weight is 350 g/mol. The third-order valence-corrected chi connectivity index (χ3v) is 4.33. The monoisotopic (exact) mass is 350 g/mol. The highest BCUT2D eigenvalue weighted by Gasteiger charge is 2.27. The molecule has 0 radical (unpaired) electrons. The second-order valence-corrected chi connectivity index (χ2v) is 5.86. The highest BCUT2D eigenvalue weighted by molar-refractivity contribution is 5.79. The number of carbonyl (C=O) groups excluding carboxylic acids is 2. The lowest BCUT2D eigenvalue weighted by molar-refractivity contribution is -0.126. The van der Waals surface area contributed by atoms with Crippen molar-refractivity contribution in [2.45, 2.75) is 26.3 Å². The number of methoxy groups -OCH3 is 2. The van der Waals surface area contributed by atoms with Crippen LogP contribution in [0.5, 0.6) is 11.5 Å². The molecule has 0 aliphatic carbocycles.